The lowest BCUT2D eigenvalue weighted by atomic mass is 9.94. The fraction of sp³-hybridized carbons (Fsp3) is 0.500. The van der Waals surface area contributed by atoms with Crippen LogP contribution >= 0.6 is 11.6 Å². The van der Waals surface area contributed by atoms with E-state index in [-0.39, 0.29) is 11.8 Å². The lowest BCUT2D eigenvalue weighted by molar-refractivity contribution is -0.130. The standard InChI is InChI=1S/C18H20ClN3O2/c19-15-9-5-4-8-14(15)18-20-17(21-24-18)12-10-16(23)22(11-12)13-6-2-1-3-7-13/h4-5,8-9,12-13H,1-3,6-7,10-11H2. The molecule has 1 aliphatic heterocycles. The Kier molecular flexibility index (Phi) is 4.27. The summed E-state index contributed by atoms with van der Waals surface area (Å²) in [6.45, 7) is 0.699. The van der Waals surface area contributed by atoms with Gasteiger partial charge in [0.25, 0.3) is 5.89 Å². The topological polar surface area (TPSA) is 59.2 Å². The van der Waals surface area contributed by atoms with Crippen LogP contribution in [0.1, 0.15) is 50.3 Å². The quantitative estimate of drug-likeness (QED) is 0.842. The molecule has 4 rings (SSSR count). The summed E-state index contributed by atoms with van der Waals surface area (Å²) >= 11 is 6.19. The van der Waals surface area contributed by atoms with Gasteiger partial charge in [0.05, 0.1) is 10.6 Å². The van der Waals surface area contributed by atoms with Gasteiger partial charge in [-0.05, 0) is 25.0 Å². The average molecular weight is 346 g/mol. The lowest BCUT2D eigenvalue weighted by Crippen LogP contribution is -2.37. The summed E-state index contributed by atoms with van der Waals surface area (Å²) in [7, 11) is 0. The van der Waals surface area contributed by atoms with E-state index in [1.54, 1.807) is 6.07 Å². The van der Waals surface area contributed by atoms with Gasteiger partial charge in [-0.3, -0.25) is 4.79 Å². The second-order valence-electron chi connectivity index (χ2n) is 6.68. The van der Waals surface area contributed by atoms with Crippen LogP contribution in [-0.2, 0) is 4.79 Å². The summed E-state index contributed by atoms with van der Waals surface area (Å²) in [4.78, 5) is 18.9. The largest absolute Gasteiger partial charge is 0.339 e. The predicted molar refractivity (Wildman–Crippen MR) is 90.7 cm³/mol. The molecule has 1 aromatic carbocycles. The van der Waals surface area contributed by atoms with Crippen molar-refractivity contribution in [3.8, 4) is 11.5 Å². The van der Waals surface area contributed by atoms with Gasteiger partial charge in [0.15, 0.2) is 5.82 Å². The van der Waals surface area contributed by atoms with Crippen molar-refractivity contribution in [1.82, 2.24) is 15.0 Å². The molecule has 6 heteroatoms. The normalized spacial score (nSPS) is 22.3. The fourth-order valence-corrected chi connectivity index (χ4v) is 4.01. The monoisotopic (exact) mass is 345 g/mol. The summed E-state index contributed by atoms with van der Waals surface area (Å²) in [6.07, 6.45) is 6.44. The van der Waals surface area contributed by atoms with Gasteiger partial charge in [-0.15, -0.1) is 0 Å². The van der Waals surface area contributed by atoms with Crippen LogP contribution in [0.3, 0.4) is 0 Å². The van der Waals surface area contributed by atoms with E-state index < -0.39 is 0 Å². The highest BCUT2D eigenvalue weighted by molar-refractivity contribution is 6.33. The van der Waals surface area contributed by atoms with Gasteiger partial charge >= 0.3 is 0 Å². The summed E-state index contributed by atoms with van der Waals surface area (Å²) < 4.78 is 5.38. The molecular formula is C18H20ClN3O2. The van der Waals surface area contributed by atoms with E-state index in [0.29, 0.717) is 35.7 Å². The number of benzene rings is 1. The van der Waals surface area contributed by atoms with Gasteiger partial charge in [-0.1, -0.05) is 48.2 Å². The number of rotatable bonds is 3. The Morgan fingerprint density at radius 3 is 2.75 bits per heavy atom. The molecule has 126 valence electrons. The van der Waals surface area contributed by atoms with Gasteiger partial charge in [0, 0.05) is 24.9 Å². The van der Waals surface area contributed by atoms with E-state index in [1.807, 2.05) is 23.1 Å². The van der Waals surface area contributed by atoms with Crippen molar-refractivity contribution in [3.63, 3.8) is 0 Å². The van der Waals surface area contributed by atoms with Crippen LogP contribution in [0.25, 0.3) is 11.5 Å². The number of carbonyl (C=O) groups excluding carboxylic acids is 1. The second kappa shape index (κ2) is 6.55. The van der Waals surface area contributed by atoms with Gasteiger partial charge in [0.1, 0.15) is 0 Å². The van der Waals surface area contributed by atoms with E-state index in [4.69, 9.17) is 16.1 Å². The molecule has 2 fully saturated rings. The lowest BCUT2D eigenvalue weighted by Gasteiger charge is -2.31. The Labute approximate surface area is 146 Å². The third-order valence-corrected chi connectivity index (χ3v) is 5.41. The van der Waals surface area contributed by atoms with Crippen molar-refractivity contribution in [1.29, 1.82) is 0 Å². The smallest absolute Gasteiger partial charge is 0.259 e. The minimum atomic E-state index is 0.0133. The van der Waals surface area contributed by atoms with Crippen molar-refractivity contribution in [2.45, 2.75) is 50.5 Å². The maximum absolute atomic E-state index is 12.4. The zero-order valence-electron chi connectivity index (χ0n) is 13.4. The third-order valence-electron chi connectivity index (χ3n) is 5.09. The molecule has 1 saturated carbocycles. The molecule has 1 saturated heterocycles. The van der Waals surface area contributed by atoms with Gasteiger partial charge < -0.3 is 9.42 Å². The molecule has 1 atom stereocenters. The zero-order chi connectivity index (χ0) is 16.5. The number of likely N-dealkylation sites (tertiary alicyclic amines) is 1. The SMILES string of the molecule is O=C1CC(c2noc(-c3ccccc3Cl)n2)CN1C1CCCCC1. The summed E-state index contributed by atoms with van der Waals surface area (Å²) in [5, 5.41) is 4.69. The van der Waals surface area contributed by atoms with Gasteiger partial charge in [0.2, 0.25) is 5.91 Å². The van der Waals surface area contributed by atoms with Crippen molar-refractivity contribution in [2.75, 3.05) is 6.54 Å². The van der Waals surface area contributed by atoms with E-state index in [9.17, 15) is 4.79 Å². The number of aromatic nitrogens is 2. The minimum absolute atomic E-state index is 0.0133. The maximum Gasteiger partial charge on any atom is 0.259 e. The molecule has 0 radical (unpaired) electrons. The average Bonchev–Trinajstić information content (AvgIpc) is 3.23. The number of nitrogens with zero attached hydrogens (tertiary/aromatic N) is 3. The van der Waals surface area contributed by atoms with Crippen LogP contribution in [0.5, 0.6) is 0 Å². The first-order valence-electron chi connectivity index (χ1n) is 8.60. The molecule has 0 bridgehead atoms. The molecule has 2 heterocycles. The van der Waals surface area contributed by atoms with Crippen LogP contribution in [0.2, 0.25) is 5.02 Å². The second-order valence-corrected chi connectivity index (χ2v) is 7.08. The molecule has 1 unspecified atom stereocenters. The highest BCUT2D eigenvalue weighted by Crippen LogP contribution is 2.34. The summed E-state index contributed by atoms with van der Waals surface area (Å²) in [5.41, 5.74) is 0.728. The van der Waals surface area contributed by atoms with E-state index in [1.165, 1.54) is 19.3 Å². The first-order chi connectivity index (χ1) is 11.7. The Morgan fingerprint density at radius 1 is 1.17 bits per heavy atom. The molecule has 2 aliphatic rings. The van der Waals surface area contributed by atoms with Gasteiger partial charge in [-0.2, -0.15) is 4.98 Å². The molecule has 1 aromatic heterocycles. The molecule has 5 nitrogen and oxygen atoms in total. The first kappa shape index (κ1) is 15.6. The molecule has 0 N–H and O–H groups in total. The summed E-state index contributed by atoms with van der Waals surface area (Å²) in [6, 6.07) is 7.79. The van der Waals surface area contributed by atoms with Gasteiger partial charge in [-0.25, -0.2) is 0 Å². The minimum Gasteiger partial charge on any atom is -0.339 e. The zero-order valence-corrected chi connectivity index (χ0v) is 14.2. The van der Waals surface area contributed by atoms with Crippen LogP contribution < -0.4 is 0 Å². The van der Waals surface area contributed by atoms with E-state index >= 15 is 0 Å². The maximum atomic E-state index is 12.4. The Morgan fingerprint density at radius 2 is 1.96 bits per heavy atom. The van der Waals surface area contributed by atoms with Crippen LogP contribution in [0.4, 0.5) is 0 Å². The van der Waals surface area contributed by atoms with Crippen molar-refractivity contribution in [3.05, 3.63) is 35.1 Å². The fourth-order valence-electron chi connectivity index (χ4n) is 3.79. The van der Waals surface area contributed by atoms with Crippen LogP contribution in [0.15, 0.2) is 28.8 Å². The number of halogens is 1. The molecule has 1 amide bonds. The number of amides is 1. The van der Waals surface area contributed by atoms with Crippen LogP contribution in [-0.4, -0.2) is 33.5 Å². The number of carbonyl (C=O) groups is 1. The molecular weight excluding hydrogens is 326 g/mol. The van der Waals surface area contributed by atoms with Crippen LogP contribution in [0, 0.1) is 0 Å². The Bertz CT molecular complexity index is 739. The van der Waals surface area contributed by atoms with E-state index in [2.05, 4.69) is 10.1 Å². The van der Waals surface area contributed by atoms with Crippen molar-refractivity contribution in [2.24, 2.45) is 0 Å². The Hall–Kier alpha value is -1.88. The van der Waals surface area contributed by atoms with E-state index in [0.717, 1.165) is 18.4 Å². The highest BCUT2D eigenvalue weighted by atomic mass is 35.5. The third kappa shape index (κ3) is 2.93. The molecule has 2 aromatic rings. The number of hydrogen-bond acceptors (Lipinski definition) is 4. The molecule has 1 aliphatic carbocycles. The predicted octanol–water partition coefficient (Wildman–Crippen LogP) is 4.04. The Balaban J connectivity index is 1.51. The molecule has 24 heavy (non-hydrogen) atoms. The molecule has 0 spiro atoms. The number of hydrogen-bond donors (Lipinski definition) is 0. The first-order valence-corrected chi connectivity index (χ1v) is 8.98. The van der Waals surface area contributed by atoms with Crippen molar-refractivity contribution < 1.29 is 9.32 Å². The van der Waals surface area contributed by atoms with Crippen molar-refractivity contribution >= 4 is 17.5 Å². The highest BCUT2D eigenvalue weighted by Gasteiger charge is 2.37. The summed E-state index contributed by atoms with van der Waals surface area (Å²) in [5.74, 6) is 1.26.